The van der Waals surface area contributed by atoms with Crippen LogP contribution in [-0.2, 0) is 4.79 Å². The minimum absolute atomic E-state index is 0.183. The Bertz CT molecular complexity index is 273. The fourth-order valence-electron chi connectivity index (χ4n) is 2.85. The maximum Gasteiger partial charge on any atom is 0.221 e. The number of halogens is 1. The van der Waals surface area contributed by atoms with Crippen molar-refractivity contribution in [3.8, 4) is 0 Å². The lowest BCUT2D eigenvalue weighted by atomic mass is 10.0. The summed E-state index contributed by atoms with van der Waals surface area (Å²) in [5, 5.41) is -0.183. The fraction of sp³-hybridized carbons (Fsp3) is 0.857. The van der Waals surface area contributed by atoms with E-state index in [1.165, 1.54) is 89.9 Å². The molecule has 0 amide bonds. The molecular weight excluding hydrogens is 304 g/mol. The predicted molar refractivity (Wildman–Crippen MR) is 104 cm³/mol. The Kier molecular flexibility index (Phi) is 19.5. The molecule has 0 aromatic heterocycles. The number of rotatable bonds is 18. The summed E-state index contributed by atoms with van der Waals surface area (Å²) in [4.78, 5) is 10.6. The van der Waals surface area contributed by atoms with Gasteiger partial charge >= 0.3 is 0 Å². The van der Waals surface area contributed by atoms with Gasteiger partial charge in [-0.3, -0.25) is 4.79 Å². The molecule has 0 saturated heterocycles. The van der Waals surface area contributed by atoms with Crippen molar-refractivity contribution in [1.82, 2.24) is 0 Å². The molecule has 0 saturated carbocycles. The van der Waals surface area contributed by atoms with Crippen molar-refractivity contribution >= 4 is 16.8 Å². The summed E-state index contributed by atoms with van der Waals surface area (Å²) in [7, 11) is 0. The first kappa shape index (κ1) is 22.7. The maximum absolute atomic E-state index is 10.6. The molecular formula is C21H39ClO. The zero-order chi connectivity index (χ0) is 17.0. The number of unbranched alkanes of at least 4 members (excludes halogenated alkanes) is 14. The van der Waals surface area contributed by atoms with Crippen molar-refractivity contribution in [2.45, 2.75) is 116 Å². The molecule has 0 aliphatic carbocycles. The van der Waals surface area contributed by atoms with Crippen molar-refractivity contribution in [3.05, 3.63) is 12.2 Å². The Morgan fingerprint density at radius 1 is 0.652 bits per heavy atom. The van der Waals surface area contributed by atoms with Gasteiger partial charge in [-0.2, -0.15) is 0 Å². The van der Waals surface area contributed by atoms with Gasteiger partial charge < -0.3 is 0 Å². The minimum Gasteiger partial charge on any atom is -0.281 e. The number of hydrogen-bond donors (Lipinski definition) is 0. The van der Waals surface area contributed by atoms with Crippen LogP contribution in [0.3, 0.4) is 0 Å². The van der Waals surface area contributed by atoms with Crippen LogP contribution in [-0.4, -0.2) is 5.24 Å². The molecule has 0 N–H and O–H groups in total. The van der Waals surface area contributed by atoms with Crippen LogP contribution in [0, 0.1) is 0 Å². The lowest BCUT2D eigenvalue weighted by Gasteiger charge is -2.02. The molecule has 1 nitrogen and oxygen atoms in total. The Morgan fingerprint density at radius 3 is 1.48 bits per heavy atom. The van der Waals surface area contributed by atoms with E-state index >= 15 is 0 Å². The summed E-state index contributed by atoms with van der Waals surface area (Å²) < 4.78 is 0. The van der Waals surface area contributed by atoms with E-state index in [9.17, 15) is 4.79 Å². The first-order valence-corrected chi connectivity index (χ1v) is 10.5. The molecule has 0 aromatic carbocycles. The summed E-state index contributed by atoms with van der Waals surface area (Å²) >= 11 is 5.31. The van der Waals surface area contributed by atoms with Gasteiger partial charge in [-0.25, -0.2) is 0 Å². The standard InChI is InChI=1S/C21H39ClO/c1-2-3-4-5-6-7-8-9-10-11-12-13-14-15-16-17-18-19-20-21(22)23/h5-6H,2-4,7-20H2,1H3/b6-5+. The molecule has 23 heavy (non-hydrogen) atoms. The van der Waals surface area contributed by atoms with Crippen LogP contribution in [0.2, 0.25) is 0 Å². The zero-order valence-electron chi connectivity index (χ0n) is 15.5. The lowest BCUT2D eigenvalue weighted by Crippen LogP contribution is -1.86. The molecule has 0 fully saturated rings. The average Bonchev–Trinajstić information content (AvgIpc) is 2.53. The van der Waals surface area contributed by atoms with Gasteiger partial charge in [0.2, 0.25) is 5.24 Å². The van der Waals surface area contributed by atoms with Crippen LogP contribution in [0.1, 0.15) is 116 Å². The Labute approximate surface area is 150 Å². The molecule has 0 aliphatic heterocycles. The van der Waals surface area contributed by atoms with Crippen LogP contribution in [0.4, 0.5) is 0 Å². The normalized spacial score (nSPS) is 11.4. The van der Waals surface area contributed by atoms with Gasteiger partial charge in [-0.1, -0.05) is 96.1 Å². The first-order valence-electron chi connectivity index (χ1n) is 10.1. The Hall–Kier alpha value is -0.300. The van der Waals surface area contributed by atoms with Crippen molar-refractivity contribution in [2.24, 2.45) is 0 Å². The highest BCUT2D eigenvalue weighted by molar-refractivity contribution is 6.63. The Balaban J connectivity index is 3.02. The van der Waals surface area contributed by atoms with Gasteiger partial charge in [0.15, 0.2) is 0 Å². The van der Waals surface area contributed by atoms with E-state index in [1.807, 2.05) is 0 Å². The zero-order valence-corrected chi connectivity index (χ0v) is 16.2. The Morgan fingerprint density at radius 2 is 1.04 bits per heavy atom. The van der Waals surface area contributed by atoms with Crippen LogP contribution < -0.4 is 0 Å². The molecule has 0 bridgehead atoms. The number of hydrogen-bond acceptors (Lipinski definition) is 1. The molecule has 0 unspecified atom stereocenters. The molecule has 2 heteroatoms. The summed E-state index contributed by atoms with van der Waals surface area (Å²) in [5.74, 6) is 0. The fourth-order valence-corrected chi connectivity index (χ4v) is 2.99. The molecule has 0 radical (unpaired) electrons. The van der Waals surface area contributed by atoms with Crippen molar-refractivity contribution in [3.63, 3.8) is 0 Å². The number of carbonyl (C=O) groups excluding carboxylic acids is 1. The van der Waals surface area contributed by atoms with E-state index in [0.717, 1.165) is 12.8 Å². The first-order chi connectivity index (χ1) is 11.3. The van der Waals surface area contributed by atoms with Crippen molar-refractivity contribution in [2.75, 3.05) is 0 Å². The molecule has 0 atom stereocenters. The third-order valence-electron chi connectivity index (χ3n) is 4.39. The summed E-state index contributed by atoms with van der Waals surface area (Å²) in [6.45, 7) is 2.25. The average molecular weight is 343 g/mol. The topological polar surface area (TPSA) is 17.1 Å². The summed E-state index contributed by atoms with van der Waals surface area (Å²) in [6.07, 6.45) is 26.3. The third kappa shape index (κ3) is 21.7. The molecule has 0 spiro atoms. The highest BCUT2D eigenvalue weighted by Gasteiger charge is 1.96. The van der Waals surface area contributed by atoms with Gasteiger partial charge in [-0.15, -0.1) is 0 Å². The third-order valence-corrected chi connectivity index (χ3v) is 4.57. The van der Waals surface area contributed by atoms with Gasteiger partial charge in [0.1, 0.15) is 0 Å². The van der Waals surface area contributed by atoms with E-state index < -0.39 is 0 Å². The summed E-state index contributed by atoms with van der Waals surface area (Å²) in [5.41, 5.74) is 0. The van der Waals surface area contributed by atoms with Crippen LogP contribution in [0.25, 0.3) is 0 Å². The second-order valence-electron chi connectivity index (χ2n) is 6.75. The monoisotopic (exact) mass is 342 g/mol. The number of carbonyl (C=O) groups is 1. The molecule has 0 aliphatic rings. The smallest absolute Gasteiger partial charge is 0.221 e. The molecule has 0 rings (SSSR count). The van der Waals surface area contributed by atoms with E-state index in [1.54, 1.807) is 0 Å². The van der Waals surface area contributed by atoms with E-state index in [0.29, 0.717) is 6.42 Å². The van der Waals surface area contributed by atoms with E-state index in [-0.39, 0.29) is 5.24 Å². The van der Waals surface area contributed by atoms with E-state index in [4.69, 9.17) is 11.6 Å². The largest absolute Gasteiger partial charge is 0.281 e. The van der Waals surface area contributed by atoms with Crippen molar-refractivity contribution in [1.29, 1.82) is 0 Å². The quantitative estimate of drug-likeness (QED) is 0.140. The summed E-state index contributed by atoms with van der Waals surface area (Å²) in [6, 6.07) is 0. The lowest BCUT2D eigenvalue weighted by molar-refractivity contribution is -0.111. The predicted octanol–water partition coefficient (Wildman–Crippen LogP) is 7.96. The SMILES string of the molecule is CCCC/C=C/CCCCCCCCCCCCCCC(=O)Cl. The second kappa shape index (κ2) is 19.7. The van der Waals surface area contributed by atoms with Crippen LogP contribution in [0.5, 0.6) is 0 Å². The maximum atomic E-state index is 10.6. The van der Waals surface area contributed by atoms with Crippen molar-refractivity contribution < 1.29 is 4.79 Å². The minimum atomic E-state index is -0.183. The van der Waals surface area contributed by atoms with Gasteiger partial charge in [0.25, 0.3) is 0 Å². The van der Waals surface area contributed by atoms with Gasteiger partial charge in [-0.05, 0) is 37.3 Å². The van der Waals surface area contributed by atoms with Crippen LogP contribution >= 0.6 is 11.6 Å². The number of allylic oxidation sites excluding steroid dienone is 2. The molecule has 0 heterocycles. The highest BCUT2D eigenvalue weighted by Crippen LogP contribution is 2.13. The second-order valence-corrected chi connectivity index (χ2v) is 7.17. The van der Waals surface area contributed by atoms with Gasteiger partial charge in [0.05, 0.1) is 0 Å². The molecule has 0 aromatic rings. The van der Waals surface area contributed by atoms with Gasteiger partial charge in [0, 0.05) is 6.42 Å². The highest BCUT2D eigenvalue weighted by atomic mass is 35.5. The molecule has 136 valence electrons. The van der Waals surface area contributed by atoms with E-state index in [2.05, 4.69) is 19.1 Å². The van der Waals surface area contributed by atoms with Crippen LogP contribution in [0.15, 0.2) is 12.2 Å².